The van der Waals surface area contributed by atoms with E-state index in [0.717, 1.165) is 54.7 Å². The highest BCUT2D eigenvalue weighted by Gasteiger charge is 2.24. The third-order valence-electron chi connectivity index (χ3n) is 7.47. The average molecular weight is 516 g/mol. The van der Waals surface area contributed by atoms with E-state index in [1.54, 1.807) is 18.2 Å². The van der Waals surface area contributed by atoms with Crippen LogP contribution in [0, 0.1) is 0 Å². The van der Waals surface area contributed by atoms with Crippen molar-refractivity contribution in [1.29, 1.82) is 0 Å². The molecule has 6 heteroatoms. The van der Waals surface area contributed by atoms with Crippen LogP contribution in [0.4, 0.5) is 5.69 Å². The Balaban J connectivity index is 1.27. The van der Waals surface area contributed by atoms with Crippen LogP contribution < -0.4 is 5.32 Å². The molecule has 1 heterocycles. The number of benzene rings is 4. The van der Waals surface area contributed by atoms with Gasteiger partial charge in [-0.2, -0.15) is 0 Å². The number of rotatable bonds is 7. The van der Waals surface area contributed by atoms with Crippen molar-refractivity contribution in [3.8, 4) is 11.4 Å². The zero-order chi connectivity index (χ0) is 26.8. The summed E-state index contributed by atoms with van der Waals surface area (Å²) >= 11 is 0. The van der Waals surface area contributed by atoms with Gasteiger partial charge in [0, 0.05) is 22.9 Å². The van der Waals surface area contributed by atoms with Gasteiger partial charge in [-0.1, -0.05) is 67.4 Å². The van der Waals surface area contributed by atoms with Crippen molar-refractivity contribution >= 4 is 28.6 Å². The summed E-state index contributed by atoms with van der Waals surface area (Å²) in [6.07, 6.45) is 5.26. The van der Waals surface area contributed by atoms with Gasteiger partial charge in [-0.05, 0) is 72.9 Å². The van der Waals surface area contributed by atoms with Gasteiger partial charge in [0.2, 0.25) is 0 Å². The lowest BCUT2D eigenvalue weighted by Gasteiger charge is -2.17. The number of carbonyl (C=O) groups is 2. The standard InChI is InChI=1S/C33H29N3O3/c37-32(34-27-16-13-23(14-17-27)19-22-7-2-1-3-8-22)25-10-6-9-24(20-25)31-35-29-21-26(33(38)39)15-18-30(29)36(31)28-11-4-5-12-28/h1-3,6-10,13-18,20-21,28H,4-5,11-12,19H2,(H,34,37)(H,38,39). The maximum absolute atomic E-state index is 13.2. The predicted molar refractivity (Wildman–Crippen MR) is 153 cm³/mol. The highest BCUT2D eigenvalue weighted by molar-refractivity contribution is 6.05. The van der Waals surface area contributed by atoms with Gasteiger partial charge in [0.1, 0.15) is 5.82 Å². The van der Waals surface area contributed by atoms with Crippen LogP contribution in [0.2, 0.25) is 0 Å². The number of hydrogen-bond donors (Lipinski definition) is 2. The second kappa shape index (κ2) is 10.6. The zero-order valence-corrected chi connectivity index (χ0v) is 21.5. The van der Waals surface area contributed by atoms with Crippen LogP contribution in [-0.2, 0) is 6.42 Å². The van der Waals surface area contributed by atoms with Gasteiger partial charge in [-0.15, -0.1) is 0 Å². The van der Waals surface area contributed by atoms with Gasteiger partial charge >= 0.3 is 5.97 Å². The largest absolute Gasteiger partial charge is 0.478 e. The third-order valence-corrected chi connectivity index (χ3v) is 7.47. The molecule has 39 heavy (non-hydrogen) atoms. The molecule has 1 amide bonds. The molecule has 1 aliphatic rings. The van der Waals surface area contributed by atoms with E-state index in [1.807, 2.05) is 66.7 Å². The van der Waals surface area contributed by atoms with Crippen LogP contribution >= 0.6 is 0 Å². The second-order valence-corrected chi connectivity index (χ2v) is 10.1. The first-order valence-electron chi connectivity index (χ1n) is 13.3. The average Bonchev–Trinajstić information content (AvgIpc) is 3.62. The van der Waals surface area contributed by atoms with Crippen molar-refractivity contribution in [2.24, 2.45) is 0 Å². The van der Waals surface area contributed by atoms with E-state index in [9.17, 15) is 14.7 Å². The summed E-state index contributed by atoms with van der Waals surface area (Å²) < 4.78 is 2.23. The lowest BCUT2D eigenvalue weighted by Crippen LogP contribution is -2.12. The van der Waals surface area contributed by atoms with Crippen LogP contribution in [0.3, 0.4) is 0 Å². The smallest absolute Gasteiger partial charge is 0.335 e. The molecule has 0 atom stereocenters. The van der Waals surface area contributed by atoms with Crippen molar-refractivity contribution < 1.29 is 14.7 Å². The minimum absolute atomic E-state index is 0.190. The Labute approximate surface area is 227 Å². The van der Waals surface area contributed by atoms with Crippen LogP contribution in [0.5, 0.6) is 0 Å². The molecule has 1 fully saturated rings. The van der Waals surface area contributed by atoms with Crippen LogP contribution in [0.15, 0.2) is 97.1 Å². The van der Waals surface area contributed by atoms with Crippen molar-refractivity contribution in [3.63, 3.8) is 0 Å². The monoisotopic (exact) mass is 515 g/mol. The number of nitrogens with one attached hydrogen (secondary N) is 1. The zero-order valence-electron chi connectivity index (χ0n) is 21.5. The third kappa shape index (κ3) is 5.18. The van der Waals surface area contributed by atoms with Gasteiger partial charge in [-0.25, -0.2) is 9.78 Å². The molecule has 0 spiro atoms. The first kappa shape index (κ1) is 24.6. The number of amides is 1. The summed E-state index contributed by atoms with van der Waals surface area (Å²) in [6, 6.07) is 31.1. The summed E-state index contributed by atoms with van der Waals surface area (Å²) in [5.74, 6) is -0.399. The summed E-state index contributed by atoms with van der Waals surface area (Å²) in [7, 11) is 0. The number of hydrogen-bond acceptors (Lipinski definition) is 3. The normalized spacial score (nSPS) is 13.5. The molecule has 0 saturated heterocycles. The number of nitrogens with zero attached hydrogens (tertiary/aromatic N) is 2. The molecule has 6 nitrogen and oxygen atoms in total. The number of aromatic carboxylic acids is 1. The Morgan fingerprint density at radius 3 is 2.31 bits per heavy atom. The SMILES string of the molecule is O=C(O)c1ccc2c(c1)nc(-c1cccc(C(=O)Nc3ccc(Cc4ccccc4)cc3)c1)n2C1CCCC1. The summed E-state index contributed by atoms with van der Waals surface area (Å²) in [4.78, 5) is 29.6. The first-order chi connectivity index (χ1) is 19.0. The predicted octanol–water partition coefficient (Wildman–Crippen LogP) is 7.36. The topological polar surface area (TPSA) is 84.2 Å². The van der Waals surface area contributed by atoms with E-state index in [2.05, 4.69) is 22.0 Å². The van der Waals surface area contributed by atoms with Crippen molar-refractivity contribution in [2.75, 3.05) is 5.32 Å². The summed E-state index contributed by atoms with van der Waals surface area (Å²) in [5, 5.41) is 12.5. The molecule has 5 aromatic rings. The number of carboxylic acid groups (broad SMARTS) is 1. The molecule has 0 aliphatic heterocycles. The maximum Gasteiger partial charge on any atom is 0.335 e. The molecular weight excluding hydrogens is 486 g/mol. The number of imidazole rings is 1. The van der Waals surface area contributed by atoms with Gasteiger partial charge in [-0.3, -0.25) is 4.79 Å². The lowest BCUT2D eigenvalue weighted by molar-refractivity contribution is 0.0696. The highest BCUT2D eigenvalue weighted by atomic mass is 16.4. The fourth-order valence-corrected chi connectivity index (χ4v) is 5.51. The fraction of sp³-hybridized carbons (Fsp3) is 0.182. The Hall–Kier alpha value is -4.71. The molecule has 4 aromatic carbocycles. The van der Waals surface area contributed by atoms with Gasteiger partial charge < -0.3 is 15.0 Å². The Kier molecular flexibility index (Phi) is 6.68. The molecule has 0 radical (unpaired) electrons. The number of fused-ring (bicyclic) bond motifs is 1. The van der Waals surface area contributed by atoms with Crippen LogP contribution in [0.25, 0.3) is 22.4 Å². The number of aromatic nitrogens is 2. The minimum Gasteiger partial charge on any atom is -0.478 e. The summed E-state index contributed by atoms with van der Waals surface area (Å²) in [5.41, 5.74) is 6.33. The highest BCUT2D eigenvalue weighted by Crippen LogP contribution is 2.37. The number of anilines is 1. The Bertz CT molecular complexity index is 1650. The van der Waals surface area contributed by atoms with E-state index in [0.29, 0.717) is 17.1 Å². The van der Waals surface area contributed by atoms with Gasteiger partial charge in [0.25, 0.3) is 5.91 Å². The molecule has 2 N–H and O–H groups in total. The van der Waals surface area contributed by atoms with Crippen LogP contribution in [0.1, 0.15) is 63.6 Å². The fourth-order valence-electron chi connectivity index (χ4n) is 5.51. The van der Waals surface area contributed by atoms with Gasteiger partial charge in [0.05, 0.1) is 16.6 Å². The quantitative estimate of drug-likeness (QED) is 0.237. The van der Waals surface area contributed by atoms with Crippen molar-refractivity contribution in [1.82, 2.24) is 9.55 Å². The molecule has 6 rings (SSSR count). The van der Waals surface area contributed by atoms with Crippen molar-refractivity contribution in [3.05, 3.63) is 119 Å². The second-order valence-electron chi connectivity index (χ2n) is 10.1. The van der Waals surface area contributed by atoms with Crippen molar-refractivity contribution in [2.45, 2.75) is 38.1 Å². The summed E-state index contributed by atoms with van der Waals surface area (Å²) in [6.45, 7) is 0. The van der Waals surface area contributed by atoms with Gasteiger partial charge in [0.15, 0.2) is 0 Å². The first-order valence-corrected chi connectivity index (χ1v) is 13.3. The Morgan fingerprint density at radius 2 is 1.56 bits per heavy atom. The van der Waals surface area contributed by atoms with E-state index in [-0.39, 0.29) is 11.5 Å². The molecule has 0 unspecified atom stereocenters. The Morgan fingerprint density at radius 1 is 0.821 bits per heavy atom. The number of carbonyl (C=O) groups excluding carboxylic acids is 1. The van der Waals surface area contributed by atoms with E-state index in [1.165, 1.54) is 11.1 Å². The van der Waals surface area contributed by atoms with E-state index >= 15 is 0 Å². The molecule has 1 aliphatic carbocycles. The number of carboxylic acids is 1. The van der Waals surface area contributed by atoms with Crippen LogP contribution in [-0.4, -0.2) is 26.5 Å². The maximum atomic E-state index is 13.2. The molecule has 1 aromatic heterocycles. The molecule has 1 saturated carbocycles. The lowest BCUT2D eigenvalue weighted by atomic mass is 10.0. The van der Waals surface area contributed by atoms with E-state index < -0.39 is 5.97 Å². The minimum atomic E-state index is -0.972. The molecule has 194 valence electrons. The molecular formula is C33H29N3O3. The van der Waals surface area contributed by atoms with E-state index in [4.69, 9.17) is 4.98 Å². The molecule has 0 bridgehead atoms.